The number of carbonyl (C=O) groups is 4. The molecule has 3 aromatic rings. The lowest BCUT2D eigenvalue weighted by Gasteiger charge is -2.30. The number of hydrogen-bond acceptors (Lipinski definition) is 8. The molecule has 1 aromatic carbocycles. The lowest BCUT2D eigenvalue weighted by Crippen LogP contribution is -2.57. The number of nitrogens with one attached hydrogen (secondary N) is 4. The molecule has 3 amide bonds. The minimum absolute atomic E-state index is 0.00447. The van der Waals surface area contributed by atoms with E-state index in [1.54, 1.807) is 18.3 Å². The lowest BCUT2D eigenvalue weighted by molar-refractivity contribution is -0.144. The fourth-order valence-electron chi connectivity index (χ4n) is 4.66. The van der Waals surface area contributed by atoms with Gasteiger partial charge in [-0.3, -0.25) is 14.4 Å². The summed E-state index contributed by atoms with van der Waals surface area (Å²) in [5.41, 5.74) is 7.96. The third-order valence-corrected chi connectivity index (χ3v) is 6.75. The first-order valence-corrected chi connectivity index (χ1v) is 12.8. The monoisotopic (exact) mass is 552 g/mol. The number of carboxylic acid groups (broad SMARTS) is 1. The van der Waals surface area contributed by atoms with Crippen LogP contribution in [0.1, 0.15) is 29.8 Å². The van der Waals surface area contributed by atoms with E-state index < -0.39 is 47.9 Å². The summed E-state index contributed by atoms with van der Waals surface area (Å²) in [5, 5.41) is 24.5. The SMILES string of the molecule is NC(Cc1cnc[nH]1)C(=O)NC(Cc1ccc(O)cc1)C(=O)N1CCCC1C(=O)NC(Cc1cnc[nH]1)C(=O)O. The number of carbonyl (C=O) groups excluding carboxylic acids is 3. The molecule has 0 spiro atoms. The molecule has 40 heavy (non-hydrogen) atoms. The van der Waals surface area contributed by atoms with Crippen molar-refractivity contribution in [3.63, 3.8) is 0 Å². The van der Waals surface area contributed by atoms with E-state index in [-0.39, 0.29) is 31.6 Å². The van der Waals surface area contributed by atoms with E-state index in [1.807, 2.05) is 0 Å². The Bertz CT molecular complexity index is 1300. The summed E-state index contributed by atoms with van der Waals surface area (Å²) in [6.45, 7) is 0.261. The van der Waals surface area contributed by atoms with Gasteiger partial charge in [-0.25, -0.2) is 14.8 Å². The average Bonchev–Trinajstić information content (AvgIpc) is 3.72. The molecule has 4 rings (SSSR count). The standard InChI is InChI=1S/C26H32N8O6/c27-19(9-16-11-28-13-30-16)23(36)32-20(8-15-3-5-18(35)6-4-15)25(38)34-7-1-2-22(34)24(37)33-21(26(39)40)10-17-12-29-14-31-17/h3-6,11-14,19-22,35H,1-2,7-10,27H2,(H,28,30)(H,29,31)(H,32,36)(H,33,37)(H,39,40). The highest BCUT2D eigenvalue weighted by Gasteiger charge is 2.39. The second-order valence-electron chi connectivity index (χ2n) is 9.69. The molecule has 0 saturated carbocycles. The molecule has 4 unspecified atom stereocenters. The number of imidazole rings is 2. The maximum Gasteiger partial charge on any atom is 0.326 e. The van der Waals surface area contributed by atoms with Gasteiger partial charge in [-0.15, -0.1) is 0 Å². The van der Waals surface area contributed by atoms with E-state index >= 15 is 0 Å². The van der Waals surface area contributed by atoms with Crippen LogP contribution in [0.3, 0.4) is 0 Å². The summed E-state index contributed by atoms with van der Waals surface area (Å²) in [6.07, 6.45) is 7.04. The maximum atomic E-state index is 13.8. The highest BCUT2D eigenvalue weighted by atomic mass is 16.4. The van der Waals surface area contributed by atoms with Gasteiger partial charge in [0.15, 0.2) is 0 Å². The normalized spacial score (nSPS) is 17.1. The molecule has 0 bridgehead atoms. The van der Waals surface area contributed by atoms with Crippen LogP contribution in [0.2, 0.25) is 0 Å². The highest BCUT2D eigenvalue weighted by molar-refractivity contribution is 5.94. The Morgan fingerprint density at radius 2 is 1.62 bits per heavy atom. The number of aliphatic carboxylic acids is 1. The molecule has 3 heterocycles. The van der Waals surface area contributed by atoms with Crippen LogP contribution in [0.4, 0.5) is 0 Å². The van der Waals surface area contributed by atoms with Gasteiger partial charge < -0.3 is 41.4 Å². The van der Waals surface area contributed by atoms with Crippen molar-refractivity contribution in [1.82, 2.24) is 35.5 Å². The van der Waals surface area contributed by atoms with Crippen molar-refractivity contribution < 1.29 is 29.4 Å². The zero-order valence-corrected chi connectivity index (χ0v) is 21.6. The number of aromatic amines is 2. The summed E-state index contributed by atoms with van der Waals surface area (Å²) in [6, 6.07) is 2.06. The summed E-state index contributed by atoms with van der Waals surface area (Å²) in [4.78, 5) is 66.6. The van der Waals surface area contributed by atoms with E-state index in [2.05, 4.69) is 30.6 Å². The molecule has 212 valence electrons. The molecule has 1 aliphatic rings. The van der Waals surface area contributed by atoms with Crippen molar-refractivity contribution in [3.8, 4) is 5.75 Å². The van der Waals surface area contributed by atoms with Crippen LogP contribution < -0.4 is 16.4 Å². The molecule has 0 aliphatic carbocycles. The number of hydrogen-bond donors (Lipinski definition) is 7. The second-order valence-corrected chi connectivity index (χ2v) is 9.69. The number of likely N-dealkylation sites (tertiary alicyclic amines) is 1. The Kier molecular flexibility index (Phi) is 9.11. The maximum absolute atomic E-state index is 13.8. The van der Waals surface area contributed by atoms with Crippen LogP contribution in [-0.2, 0) is 38.4 Å². The van der Waals surface area contributed by atoms with Crippen molar-refractivity contribution in [3.05, 3.63) is 66.3 Å². The van der Waals surface area contributed by atoms with Gasteiger partial charge in [0.1, 0.15) is 23.9 Å². The summed E-state index contributed by atoms with van der Waals surface area (Å²) < 4.78 is 0. The molecule has 14 heteroatoms. The topological polar surface area (TPSA) is 219 Å². The molecule has 14 nitrogen and oxygen atoms in total. The van der Waals surface area contributed by atoms with Crippen LogP contribution in [0.5, 0.6) is 5.75 Å². The van der Waals surface area contributed by atoms with Gasteiger partial charge in [-0.05, 0) is 30.5 Å². The third kappa shape index (κ3) is 7.22. The fraction of sp³-hybridized carbons (Fsp3) is 0.385. The number of amides is 3. The number of nitrogens with zero attached hydrogens (tertiary/aromatic N) is 3. The minimum atomic E-state index is -1.22. The van der Waals surface area contributed by atoms with E-state index in [0.29, 0.717) is 29.8 Å². The molecular weight excluding hydrogens is 520 g/mol. The van der Waals surface area contributed by atoms with Crippen molar-refractivity contribution >= 4 is 23.7 Å². The number of nitrogens with two attached hydrogens (primary N) is 1. The third-order valence-electron chi connectivity index (χ3n) is 6.75. The summed E-state index contributed by atoms with van der Waals surface area (Å²) >= 11 is 0. The first-order valence-electron chi connectivity index (χ1n) is 12.8. The Morgan fingerprint density at radius 1 is 0.975 bits per heavy atom. The smallest absolute Gasteiger partial charge is 0.326 e. The van der Waals surface area contributed by atoms with Gasteiger partial charge in [-0.1, -0.05) is 12.1 Å². The highest BCUT2D eigenvalue weighted by Crippen LogP contribution is 2.21. The molecule has 1 aliphatic heterocycles. The molecular formula is C26H32N8O6. The zero-order valence-electron chi connectivity index (χ0n) is 21.6. The Balaban J connectivity index is 1.48. The number of carboxylic acids is 1. The molecule has 1 fully saturated rings. The Hall–Kier alpha value is -4.72. The number of H-pyrrole nitrogens is 2. The average molecular weight is 553 g/mol. The fourth-order valence-corrected chi connectivity index (χ4v) is 4.66. The molecule has 8 N–H and O–H groups in total. The van der Waals surface area contributed by atoms with Gasteiger partial charge in [0.25, 0.3) is 0 Å². The molecule has 4 atom stereocenters. The van der Waals surface area contributed by atoms with Crippen molar-refractivity contribution in [1.29, 1.82) is 0 Å². The summed E-state index contributed by atoms with van der Waals surface area (Å²) in [7, 11) is 0. The molecule has 0 radical (unpaired) electrons. The van der Waals surface area contributed by atoms with Crippen LogP contribution in [0, 0.1) is 0 Å². The first-order chi connectivity index (χ1) is 19.2. The van der Waals surface area contributed by atoms with Crippen LogP contribution in [0.25, 0.3) is 0 Å². The van der Waals surface area contributed by atoms with Gasteiger partial charge >= 0.3 is 5.97 Å². The number of aromatic hydroxyl groups is 1. The predicted octanol–water partition coefficient (Wildman–Crippen LogP) is -0.761. The number of rotatable bonds is 12. The number of phenolic OH excluding ortho intramolecular Hbond substituents is 1. The minimum Gasteiger partial charge on any atom is -0.508 e. The van der Waals surface area contributed by atoms with Crippen LogP contribution in [-0.4, -0.2) is 89.5 Å². The molecule has 1 saturated heterocycles. The quantitative estimate of drug-likeness (QED) is 0.150. The number of aromatic nitrogens is 4. The zero-order chi connectivity index (χ0) is 28.6. The lowest BCUT2D eigenvalue weighted by atomic mass is 10.0. The number of benzene rings is 1. The van der Waals surface area contributed by atoms with Crippen molar-refractivity contribution in [2.45, 2.75) is 56.3 Å². The van der Waals surface area contributed by atoms with E-state index in [4.69, 9.17) is 5.73 Å². The largest absolute Gasteiger partial charge is 0.508 e. The van der Waals surface area contributed by atoms with E-state index in [1.165, 1.54) is 35.9 Å². The number of phenols is 1. The van der Waals surface area contributed by atoms with Gasteiger partial charge in [-0.2, -0.15) is 0 Å². The van der Waals surface area contributed by atoms with E-state index in [9.17, 15) is 29.4 Å². The predicted molar refractivity (Wildman–Crippen MR) is 141 cm³/mol. The Labute approximate surface area is 229 Å². The summed E-state index contributed by atoms with van der Waals surface area (Å²) in [5.74, 6) is -2.81. The Morgan fingerprint density at radius 3 is 2.23 bits per heavy atom. The van der Waals surface area contributed by atoms with Crippen molar-refractivity contribution in [2.75, 3.05) is 6.54 Å². The van der Waals surface area contributed by atoms with E-state index in [0.717, 1.165) is 0 Å². The van der Waals surface area contributed by atoms with Crippen molar-refractivity contribution in [2.24, 2.45) is 5.73 Å². The van der Waals surface area contributed by atoms with Gasteiger partial charge in [0, 0.05) is 49.6 Å². The first kappa shape index (κ1) is 28.3. The molecule has 2 aromatic heterocycles. The van der Waals surface area contributed by atoms with Crippen LogP contribution >= 0.6 is 0 Å². The van der Waals surface area contributed by atoms with Crippen LogP contribution in [0.15, 0.2) is 49.3 Å². The van der Waals surface area contributed by atoms with Gasteiger partial charge in [0.2, 0.25) is 17.7 Å². The second kappa shape index (κ2) is 12.9. The van der Waals surface area contributed by atoms with Gasteiger partial charge in [0.05, 0.1) is 18.7 Å².